The Labute approximate surface area is 186 Å². The molecule has 0 radical (unpaired) electrons. The van der Waals surface area contributed by atoms with Gasteiger partial charge in [0.2, 0.25) is 0 Å². The van der Waals surface area contributed by atoms with E-state index >= 15 is 0 Å². The quantitative estimate of drug-likeness (QED) is 0.606. The van der Waals surface area contributed by atoms with Crippen LogP contribution in [0.5, 0.6) is 5.75 Å². The molecule has 0 aliphatic carbocycles. The Morgan fingerprint density at radius 2 is 1.77 bits per heavy atom. The maximum atomic E-state index is 13.0. The number of nitrogens with zero attached hydrogens (tertiary/aromatic N) is 4. The molecule has 2 heterocycles. The summed E-state index contributed by atoms with van der Waals surface area (Å²) in [5.74, 6) is 0.719. The Bertz CT molecular complexity index is 1080. The van der Waals surface area contributed by atoms with E-state index in [2.05, 4.69) is 16.0 Å². The molecule has 4 rings (SSSR count). The van der Waals surface area contributed by atoms with Crippen molar-refractivity contribution in [3.05, 3.63) is 70.7 Å². The molecule has 2 aromatic carbocycles. The average Bonchev–Trinajstić information content (AvgIpc) is 3.31. The lowest BCUT2D eigenvalue weighted by molar-refractivity contribution is 0.0601. The number of ether oxygens (including phenoxy) is 1. The average molecular weight is 433 g/mol. The molecule has 0 bridgehead atoms. The maximum absolute atomic E-state index is 13.0. The minimum Gasteiger partial charge on any atom is -0.497 e. The number of nitriles is 1. The molecule has 0 N–H and O–H groups in total. The van der Waals surface area contributed by atoms with Gasteiger partial charge in [0.25, 0.3) is 5.91 Å². The van der Waals surface area contributed by atoms with E-state index in [4.69, 9.17) is 4.74 Å². The summed E-state index contributed by atoms with van der Waals surface area (Å²) in [5, 5.41) is 12.4. The molecular weight excluding hydrogens is 408 g/mol. The first-order valence-electron chi connectivity index (χ1n) is 10.2. The summed E-state index contributed by atoms with van der Waals surface area (Å²) in [5.41, 5.74) is 3.64. The number of aromatic nitrogens is 1. The number of methoxy groups -OCH3 is 1. The standard InChI is InChI=1S/C24H24N4O2S/c1-17-3-5-19(6-4-17)23-26-21(16-31-23)24(29)28-13-11-27(12-14-28)22(15-25)18-7-9-20(30-2)10-8-18/h3-10,16,22H,11-14H2,1-2H3. The minimum atomic E-state index is -0.337. The molecule has 0 spiro atoms. The fraction of sp³-hybridized carbons (Fsp3) is 0.292. The number of benzene rings is 2. The van der Waals surface area contributed by atoms with Crippen LogP contribution >= 0.6 is 11.3 Å². The molecule has 1 aromatic heterocycles. The highest BCUT2D eigenvalue weighted by Crippen LogP contribution is 2.26. The maximum Gasteiger partial charge on any atom is 0.273 e. The topological polar surface area (TPSA) is 69.5 Å². The second-order valence-electron chi connectivity index (χ2n) is 7.54. The van der Waals surface area contributed by atoms with Crippen LogP contribution in [0.2, 0.25) is 0 Å². The van der Waals surface area contributed by atoms with Crippen molar-refractivity contribution in [3.63, 3.8) is 0 Å². The van der Waals surface area contributed by atoms with Crippen molar-refractivity contribution in [2.24, 2.45) is 0 Å². The van der Waals surface area contributed by atoms with E-state index in [1.807, 2.05) is 65.7 Å². The fourth-order valence-corrected chi connectivity index (χ4v) is 4.50. The van der Waals surface area contributed by atoms with Gasteiger partial charge in [-0.25, -0.2) is 4.98 Å². The second kappa shape index (κ2) is 9.29. The summed E-state index contributed by atoms with van der Waals surface area (Å²) in [6, 6.07) is 17.8. The number of amides is 1. The Kier molecular flexibility index (Phi) is 6.31. The van der Waals surface area contributed by atoms with E-state index < -0.39 is 0 Å². The summed E-state index contributed by atoms with van der Waals surface area (Å²) in [6.45, 7) is 4.48. The number of piperazine rings is 1. The van der Waals surface area contributed by atoms with Gasteiger partial charge in [-0.3, -0.25) is 9.69 Å². The van der Waals surface area contributed by atoms with E-state index in [1.54, 1.807) is 7.11 Å². The molecule has 6 nitrogen and oxygen atoms in total. The van der Waals surface area contributed by atoms with Crippen LogP contribution in [-0.4, -0.2) is 54.0 Å². The summed E-state index contributed by atoms with van der Waals surface area (Å²) in [6.07, 6.45) is 0. The zero-order chi connectivity index (χ0) is 21.8. The van der Waals surface area contributed by atoms with Gasteiger partial charge < -0.3 is 9.64 Å². The van der Waals surface area contributed by atoms with Crippen molar-refractivity contribution < 1.29 is 9.53 Å². The van der Waals surface area contributed by atoms with E-state index in [-0.39, 0.29) is 11.9 Å². The van der Waals surface area contributed by atoms with Crippen LogP contribution in [-0.2, 0) is 0 Å². The van der Waals surface area contributed by atoms with Crippen molar-refractivity contribution in [2.45, 2.75) is 13.0 Å². The largest absolute Gasteiger partial charge is 0.497 e. The first-order chi connectivity index (χ1) is 15.1. The highest BCUT2D eigenvalue weighted by Gasteiger charge is 2.28. The van der Waals surface area contributed by atoms with E-state index in [0.717, 1.165) is 21.9 Å². The van der Waals surface area contributed by atoms with Crippen LogP contribution in [0.15, 0.2) is 53.9 Å². The molecule has 1 aliphatic rings. The molecule has 1 unspecified atom stereocenters. The summed E-state index contributed by atoms with van der Waals surface area (Å²) in [7, 11) is 1.62. The van der Waals surface area contributed by atoms with Gasteiger partial charge in [0, 0.05) is 37.1 Å². The Morgan fingerprint density at radius 3 is 2.39 bits per heavy atom. The highest BCUT2D eigenvalue weighted by atomic mass is 32.1. The summed E-state index contributed by atoms with van der Waals surface area (Å²) >= 11 is 1.49. The van der Waals surface area contributed by atoms with Crippen molar-refractivity contribution in [1.82, 2.24) is 14.8 Å². The Morgan fingerprint density at radius 1 is 1.10 bits per heavy atom. The monoisotopic (exact) mass is 432 g/mol. The number of hydrogen-bond donors (Lipinski definition) is 0. The normalized spacial score (nSPS) is 15.3. The van der Waals surface area contributed by atoms with Gasteiger partial charge in [0.05, 0.1) is 13.2 Å². The van der Waals surface area contributed by atoms with Gasteiger partial charge in [-0.2, -0.15) is 5.26 Å². The third kappa shape index (κ3) is 4.61. The van der Waals surface area contributed by atoms with E-state index in [1.165, 1.54) is 16.9 Å². The van der Waals surface area contributed by atoms with Gasteiger partial charge in [-0.05, 0) is 24.6 Å². The van der Waals surface area contributed by atoms with Gasteiger partial charge >= 0.3 is 0 Å². The number of carbonyl (C=O) groups excluding carboxylic acids is 1. The Hall–Kier alpha value is -3.21. The van der Waals surface area contributed by atoms with E-state index in [9.17, 15) is 10.1 Å². The zero-order valence-electron chi connectivity index (χ0n) is 17.6. The van der Waals surface area contributed by atoms with Crippen LogP contribution < -0.4 is 4.74 Å². The van der Waals surface area contributed by atoms with Crippen molar-refractivity contribution in [3.8, 4) is 22.4 Å². The van der Waals surface area contributed by atoms with Crippen molar-refractivity contribution in [2.75, 3.05) is 33.3 Å². The lowest BCUT2D eigenvalue weighted by Crippen LogP contribution is -2.49. The molecule has 1 saturated heterocycles. The highest BCUT2D eigenvalue weighted by molar-refractivity contribution is 7.13. The minimum absolute atomic E-state index is 0.0489. The summed E-state index contributed by atoms with van der Waals surface area (Å²) < 4.78 is 5.20. The first-order valence-corrected chi connectivity index (χ1v) is 11.1. The molecule has 158 valence electrons. The number of rotatable bonds is 5. The van der Waals surface area contributed by atoms with Crippen molar-refractivity contribution in [1.29, 1.82) is 5.26 Å². The number of aryl methyl sites for hydroxylation is 1. The predicted molar refractivity (Wildman–Crippen MR) is 121 cm³/mol. The molecule has 7 heteroatoms. The molecule has 1 amide bonds. The molecule has 1 atom stereocenters. The fourth-order valence-electron chi connectivity index (χ4n) is 3.70. The molecule has 3 aromatic rings. The third-order valence-corrected chi connectivity index (χ3v) is 6.43. The van der Waals surface area contributed by atoms with Crippen LogP contribution in [0.4, 0.5) is 0 Å². The lowest BCUT2D eigenvalue weighted by Gasteiger charge is -2.36. The summed E-state index contributed by atoms with van der Waals surface area (Å²) in [4.78, 5) is 21.5. The SMILES string of the molecule is COc1ccc(C(C#N)N2CCN(C(=O)c3csc(-c4ccc(C)cc4)n3)CC2)cc1. The smallest absolute Gasteiger partial charge is 0.273 e. The zero-order valence-corrected chi connectivity index (χ0v) is 18.4. The second-order valence-corrected chi connectivity index (χ2v) is 8.39. The number of hydrogen-bond acceptors (Lipinski definition) is 6. The van der Waals surface area contributed by atoms with E-state index in [0.29, 0.717) is 31.9 Å². The van der Waals surface area contributed by atoms with Crippen LogP contribution in [0, 0.1) is 18.3 Å². The number of carbonyl (C=O) groups is 1. The molecular formula is C24H24N4O2S. The third-order valence-electron chi connectivity index (χ3n) is 5.54. The predicted octanol–water partition coefficient (Wildman–Crippen LogP) is 4.15. The van der Waals surface area contributed by atoms with Crippen LogP contribution in [0.3, 0.4) is 0 Å². The lowest BCUT2D eigenvalue weighted by atomic mass is 10.1. The van der Waals surface area contributed by atoms with Crippen LogP contribution in [0.25, 0.3) is 10.6 Å². The van der Waals surface area contributed by atoms with Gasteiger partial charge in [-0.1, -0.05) is 42.0 Å². The van der Waals surface area contributed by atoms with Gasteiger partial charge in [0.1, 0.15) is 22.5 Å². The Balaban J connectivity index is 1.39. The molecule has 1 aliphatic heterocycles. The molecule has 1 fully saturated rings. The van der Waals surface area contributed by atoms with Crippen LogP contribution in [0.1, 0.15) is 27.7 Å². The van der Waals surface area contributed by atoms with Gasteiger partial charge in [-0.15, -0.1) is 11.3 Å². The molecule has 31 heavy (non-hydrogen) atoms. The number of thiazole rings is 1. The van der Waals surface area contributed by atoms with Crippen molar-refractivity contribution >= 4 is 17.2 Å². The first kappa shape index (κ1) is 21.0. The molecule has 0 saturated carbocycles. The van der Waals surface area contributed by atoms with Gasteiger partial charge in [0.15, 0.2) is 0 Å².